The number of nitrogen functional groups attached to an aromatic ring is 1. The van der Waals surface area contributed by atoms with E-state index in [1.54, 1.807) is 53.1 Å². The van der Waals surface area contributed by atoms with Crippen molar-refractivity contribution in [2.24, 2.45) is 0 Å². The molecular weight excluding hydrogens is 317 g/mol. The van der Waals surface area contributed by atoms with Crippen molar-refractivity contribution in [3.63, 3.8) is 0 Å². The number of imidazole rings is 1. The van der Waals surface area contributed by atoms with E-state index in [0.29, 0.717) is 28.0 Å². The van der Waals surface area contributed by atoms with Crippen molar-refractivity contribution < 1.29 is 9.18 Å². The lowest BCUT2D eigenvalue weighted by Crippen LogP contribution is -2.03. The van der Waals surface area contributed by atoms with Gasteiger partial charge in [0.05, 0.1) is 5.69 Å². The molecule has 4 aromatic rings. The Morgan fingerprint density at radius 1 is 0.920 bits per heavy atom. The Hall–Kier alpha value is -3.47. The zero-order chi connectivity index (χ0) is 17.4. The molecule has 2 N–H and O–H groups in total. The maximum Gasteiger partial charge on any atom is 0.194 e. The normalized spacial score (nSPS) is 10.9. The Bertz CT molecular complexity index is 1090. The summed E-state index contributed by atoms with van der Waals surface area (Å²) in [4.78, 5) is 16.9. The van der Waals surface area contributed by atoms with Gasteiger partial charge in [0.25, 0.3) is 0 Å². The monoisotopic (exact) mass is 331 g/mol. The fourth-order valence-corrected chi connectivity index (χ4v) is 2.87. The fraction of sp³-hybridized carbons (Fsp3) is 0. The minimum Gasteiger partial charge on any atom is -0.382 e. The second kappa shape index (κ2) is 5.87. The quantitative estimate of drug-likeness (QED) is 0.578. The summed E-state index contributed by atoms with van der Waals surface area (Å²) in [6.45, 7) is 0. The van der Waals surface area contributed by atoms with Gasteiger partial charge < -0.3 is 5.73 Å². The van der Waals surface area contributed by atoms with E-state index < -0.39 is 5.82 Å². The van der Waals surface area contributed by atoms with Crippen LogP contribution in [-0.4, -0.2) is 15.2 Å². The first kappa shape index (κ1) is 15.1. The van der Waals surface area contributed by atoms with Crippen LogP contribution in [0.25, 0.3) is 16.9 Å². The second-order valence-electron chi connectivity index (χ2n) is 5.67. The first-order chi connectivity index (χ1) is 12.1. The number of nitrogens with zero attached hydrogens (tertiary/aromatic N) is 2. The molecule has 122 valence electrons. The van der Waals surface area contributed by atoms with Gasteiger partial charge in [0, 0.05) is 22.9 Å². The summed E-state index contributed by atoms with van der Waals surface area (Å²) in [5.74, 6) is -0.292. The molecule has 2 heterocycles. The minimum absolute atomic E-state index is 0.116. The summed E-state index contributed by atoms with van der Waals surface area (Å²) in [5.41, 5.74) is 8.41. The van der Waals surface area contributed by atoms with Crippen molar-refractivity contribution in [1.82, 2.24) is 9.38 Å². The van der Waals surface area contributed by atoms with Crippen molar-refractivity contribution in [1.29, 1.82) is 0 Å². The van der Waals surface area contributed by atoms with E-state index in [-0.39, 0.29) is 11.6 Å². The van der Waals surface area contributed by atoms with Gasteiger partial charge in [0.2, 0.25) is 0 Å². The van der Waals surface area contributed by atoms with Crippen LogP contribution in [-0.2, 0) is 0 Å². The SMILES string of the molecule is Nc1nc2ccc(C(=O)c3ccccc3)cn2c1-c1ccccc1F. The van der Waals surface area contributed by atoms with E-state index in [1.807, 2.05) is 18.2 Å². The third-order valence-corrected chi connectivity index (χ3v) is 4.07. The van der Waals surface area contributed by atoms with Crippen molar-refractivity contribution >= 4 is 17.2 Å². The minimum atomic E-state index is -0.393. The van der Waals surface area contributed by atoms with Gasteiger partial charge in [-0.15, -0.1) is 0 Å². The summed E-state index contributed by atoms with van der Waals surface area (Å²) < 4.78 is 15.9. The van der Waals surface area contributed by atoms with Gasteiger partial charge in [0.15, 0.2) is 11.6 Å². The number of nitrogens with two attached hydrogens (primary N) is 1. The highest BCUT2D eigenvalue weighted by molar-refractivity contribution is 6.09. The molecule has 0 fully saturated rings. The van der Waals surface area contributed by atoms with Crippen LogP contribution in [0, 0.1) is 5.82 Å². The van der Waals surface area contributed by atoms with E-state index in [0.717, 1.165) is 0 Å². The smallest absolute Gasteiger partial charge is 0.194 e. The number of hydrogen-bond donors (Lipinski definition) is 1. The van der Waals surface area contributed by atoms with E-state index in [9.17, 15) is 9.18 Å². The van der Waals surface area contributed by atoms with Gasteiger partial charge in [-0.2, -0.15) is 0 Å². The number of hydrogen-bond acceptors (Lipinski definition) is 3. The van der Waals surface area contributed by atoms with Crippen molar-refractivity contribution in [3.8, 4) is 11.3 Å². The Kier molecular flexibility index (Phi) is 3.54. The Morgan fingerprint density at radius 3 is 2.40 bits per heavy atom. The standard InChI is InChI=1S/C20H14FN3O/c21-16-9-5-4-8-15(16)18-20(22)23-17-11-10-14(12-24(17)18)19(25)13-6-2-1-3-7-13/h1-12H,22H2. The van der Waals surface area contributed by atoms with Crippen molar-refractivity contribution in [3.05, 3.63) is 89.9 Å². The largest absolute Gasteiger partial charge is 0.382 e. The zero-order valence-electron chi connectivity index (χ0n) is 13.2. The molecule has 0 bridgehead atoms. The molecule has 4 rings (SSSR count). The molecule has 2 aromatic heterocycles. The number of carbonyl (C=O) groups is 1. The van der Waals surface area contributed by atoms with Crippen LogP contribution in [0.15, 0.2) is 72.9 Å². The number of rotatable bonds is 3. The average molecular weight is 331 g/mol. The number of ketones is 1. The van der Waals surface area contributed by atoms with Gasteiger partial charge in [-0.3, -0.25) is 9.20 Å². The predicted octanol–water partition coefficient (Wildman–Crippen LogP) is 3.95. The van der Waals surface area contributed by atoms with Crippen molar-refractivity contribution in [2.45, 2.75) is 0 Å². The van der Waals surface area contributed by atoms with E-state index in [1.165, 1.54) is 6.07 Å². The van der Waals surface area contributed by atoms with E-state index in [4.69, 9.17) is 5.73 Å². The summed E-state index contributed by atoms with van der Waals surface area (Å²) in [6.07, 6.45) is 1.65. The average Bonchev–Trinajstić information content (AvgIpc) is 2.97. The van der Waals surface area contributed by atoms with Crippen LogP contribution in [0.2, 0.25) is 0 Å². The lowest BCUT2D eigenvalue weighted by atomic mass is 10.1. The molecule has 0 aliphatic heterocycles. The molecule has 0 aliphatic rings. The van der Waals surface area contributed by atoms with Gasteiger partial charge >= 0.3 is 0 Å². The van der Waals surface area contributed by atoms with Crippen LogP contribution in [0.1, 0.15) is 15.9 Å². The maximum absolute atomic E-state index is 14.2. The number of anilines is 1. The van der Waals surface area contributed by atoms with Gasteiger partial charge in [0.1, 0.15) is 11.5 Å². The molecular formula is C20H14FN3O. The molecule has 0 unspecified atom stereocenters. The summed E-state index contributed by atoms with van der Waals surface area (Å²) in [5, 5.41) is 0. The Labute approximate surface area is 143 Å². The molecule has 5 heteroatoms. The first-order valence-corrected chi connectivity index (χ1v) is 7.77. The van der Waals surface area contributed by atoms with Crippen molar-refractivity contribution in [2.75, 3.05) is 5.73 Å². The van der Waals surface area contributed by atoms with Gasteiger partial charge in [-0.05, 0) is 24.3 Å². The number of halogens is 1. The van der Waals surface area contributed by atoms with Crippen LogP contribution in [0.3, 0.4) is 0 Å². The highest BCUT2D eigenvalue weighted by atomic mass is 19.1. The van der Waals surface area contributed by atoms with Crippen LogP contribution >= 0.6 is 0 Å². The first-order valence-electron chi connectivity index (χ1n) is 7.77. The highest BCUT2D eigenvalue weighted by Crippen LogP contribution is 2.29. The second-order valence-corrected chi connectivity index (χ2v) is 5.67. The summed E-state index contributed by atoms with van der Waals surface area (Å²) >= 11 is 0. The fourth-order valence-electron chi connectivity index (χ4n) is 2.87. The summed E-state index contributed by atoms with van der Waals surface area (Å²) in [7, 11) is 0. The molecule has 0 radical (unpaired) electrons. The molecule has 0 atom stereocenters. The number of fused-ring (bicyclic) bond motifs is 1. The van der Waals surface area contributed by atoms with Gasteiger partial charge in [-0.1, -0.05) is 42.5 Å². The van der Waals surface area contributed by atoms with Gasteiger partial charge in [-0.25, -0.2) is 9.37 Å². The van der Waals surface area contributed by atoms with E-state index in [2.05, 4.69) is 4.98 Å². The molecule has 25 heavy (non-hydrogen) atoms. The number of benzene rings is 2. The zero-order valence-corrected chi connectivity index (χ0v) is 13.2. The Balaban J connectivity index is 1.90. The highest BCUT2D eigenvalue weighted by Gasteiger charge is 2.17. The van der Waals surface area contributed by atoms with Crippen LogP contribution in [0.5, 0.6) is 0 Å². The maximum atomic E-state index is 14.2. The van der Waals surface area contributed by atoms with Crippen LogP contribution in [0.4, 0.5) is 10.2 Å². The topological polar surface area (TPSA) is 60.4 Å². The van der Waals surface area contributed by atoms with E-state index >= 15 is 0 Å². The molecule has 4 nitrogen and oxygen atoms in total. The number of carbonyl (C=O) groups excluding carboxylic acids is 1. The van der Waals surface area contributed by atoms with Crippen LogP contribution < -0.4 is 5.73 Å². The Morgan fingerprint density at radius 2 is 1.64 bits per heavy atom. The third-order valence-electron chi connectivity index (χ3n) is 4.07. The molecule has 0 saturated heterocycles. The predicted molar refractivity (Wildman–Crippen MR) is 94.9 cm³/mol. The summed E-state index contributed by atoms with van der Waals surface area (Å²) in [6, 6.07) is 18.7. The lowest BCUT2D eigenvalue weighted by Gasteiger charge is -2.07. The lowest BCUT2D eigenvalue weighted by molar-refractivity contribution is 0.103. The molecule has 0 aliphatic carbocycles. The molecule has 0 amide bonds. The molecule has 0 saturated carbocycles. The molecule has 2 aromatic carbocycles. The molecule has 0 spiro atoms. The third kappa shape index (κ3) is 2.55. The number of aromatic nitrogens is 2. The number of pyridine rings is 1.